The first-order chi connectivity index (χ1) is 4.79. The van der Waals surface area contributed by atoms with E-state index in [-0.39, 0.29) is 0 Å². The van der Waals surface area contributed by atoms with E-state index in [9.17, 15) is 0 Å². The van der Waals surface area contributed by atoms with Crippen molar-refractivity contribution in [3.63, 3.8) is 0 Å². The highest BCUT2D eigenvalue weighted by atomic mass is 32.1. The molecule has 0 amide bonds. The summed E-state index contributed by atoms with van der Waals surface area (Å²) in [7, 11) is 0. The Morgan fingerprint density at radius 2 is 2.50 bits per heavy atom. The third-order valence-corrected chi connectivity index (χ3v) is 1.33. The van der Waals surface area contributed by atoms with Crippen molar-refractivity contribution in [2.24, 2.45) is 0 Å². The Bertz CT molecular complexity index is 186. The molecule has 10 heavy (non-hydrogen) atoms. The van der Waals surface area contributed by atoms with Crippen LogP contribution in [-0.2, 0) is 6.42 Å². The zero-order valence-electron chi connectivity index (χ0n) is 5.86. The van der Waals surface area contributed by atoms with Crippen LogP contribution in [0.2, 0.25) is 0 Å². The van der Waals surface area contributed by atoms with Gasteiger partial charge in [0.25, 0.3) is 0 Å². The first-order valence-corrected chi connectivity index (χ1v) is 3.73. The van der Waals surface area contributed by atoms with E-state index in [1.54, 1.807) is 12.5 Å². The molecule has 0 aliphatic carbocycles. The molecule has 2 nitrogen and oxygen atoms in total. The van der Waals surface area contributed by atoms with Gasteiger partial charge >= 0.3 is 0 Å². The van der Waals surface area contributed by atoms with Crippen LogP contribution in [0.5, 0.6) is 0 Å². The molecule has 0 N–H and O–H groups in total. The van der Waals surface area contributed by atoms with Crippen molar-refractivity contribution >= 4 is 12.6 Å². The Balaban J connectivity index is 2.59. The maximum Gasteiger partial charge on any atom is 0.115 e. The third-order valence-electron chi connectivity index (χ3n) is 1.15. The SMILES string of the molecule is CC(S)Cc1ccncn1. The summed E-state index contributed by atoms with van der Waals surface area (Å²) in [5.41, 5.74) is 1.05. The van der Waals surface area contributed by atoms with Gasteiger partial charge in [-0.1, -0.05) is 6.92 Å². The highest BCUT2D eigenvalue weighted by Crippen LogP contribution is 2.01. The van der Waals surface area contributed by atoms with E-state index in [1.807, 2.05) is 13.0 Å². The van der Waals surface area contributed by atoms with Crippen molar-refractivity contribution in [1.82, 2.24) is 9.97 Å². The van der Waals surface area contributed by atoms with Crippen LogP contribution in [0.4, 0.5) is 0 Å². The highest BCUT2D eigenvalue weighted by molar-refractivity contribution is 7.80. The molecule has 0 saturated carbocycles. The maximum atomic E-state index is 4.25. The minimum Gasteiger partial charge on any atom is -0.245 e. The minimum absolute atomic E-state index is 0.370. The molecule has 0 aliphatic heterocycles. The van der Waals surface area contributed by atoms with Gasteiger partial charge in [0, 0.05) is 23.6 Å². The number of aromatic nitrogens is 2. The monoisotopic (exact) mass is 154 g/mol. The molecule has 0 bridgehead atoms. The molecule has 0 spiro atoms. The highest BCUT2D eigenvalue weighted by Gasteiger charge is 1.96. The van der Waals surface area contributed by atoms with Crippen molar-refractivity contribution in [1.29, 1.82) is 0 Å². The number of hydrogen-bond acceptors (Lipinski definition) is 3. The van der Waals surface area contributed by atoms with Crippen LogP contribution in [0.15, 0.2) is 18.6 Å². The lowest BCUT2D eigenvalue weighted by atomic mass is 10.2. The van der Waals surface area contributed by atoms with Crippen molar-refractivity contribution in [2.75, 3.05) is 0 Å². The van der Waals surface area contributed by atoms with Gasteiger partial charge in [-0.25, -0.2) is 9.97 Å². The Morgan fingerprint density at radius 3 is 3.00 bits per heavy atom. The lowest BCUT2D eigenvalue weighted by molar-refractivity contribution is 0.894. The first-order valence-electron chi connectivity index (χ1n) is 3.22. The molecule has 0 aliphatic rings. The summed E-state index contributed by atoms with van der Waals surface area (Å²) in [5.74, 6) is 0. The summed E-state index contributed by atoms with van der Waals surface area (Å²) < 4.78 is 0. The summed E-state index contributed by atoms with van der Waals surface area (Å²) in [4.78, 5) is 7.88. The van der Waals surface area contributed by atoms with Crippen LogP contribution in [0.1, 0.15) is 12.6 Å². The normalized spacial score (nSPS) is 13.0. The average Bonchev–Trinajstić information content (AvgIpc) is 1.88. The van der Waals surface area contributed by atoms with Gasteiger partial charge in [-0.3, -0.25) is 0 Å². The summed E-state index contributed by atoms with van der Waals surface area (Å²) in [5, 5.41) is 0.370. The number of thiol groups is 1. The summed E-state index contributed by atoms with van der Waals surface area (Å²) in [6, 6.07) is 1.91. The van der Waals surface area contributed by atoms with Crippen LogP contribution in [0.3, 0.4) is 0 Å². The molecule has 1 unspecified atom stereocenters. The zero-order chi connectivity index (χ0) is 7.40. The Labute approximate surface area is 66.1 Å². The molecule has 1 rings (SSSR count). The Morgan fingerprint density at radius 1 is 1.70 bits per heavy atom. The summed E-state index contributed by atoms with van der Waals surface area (Å²) in [6.07, 6.45) is 4.22. The van der Waals surface area contributed by atoms with Crippen LogP contribution in [0, 0.1) is 0 Å². The summed E-state index contributed by atoms with van der Waals surface area (Å²) >= 11 is 4.25. The molecule has 1 atom stereocenters. The first kappa shape index (κ1) is 7.54. The van der Waals surface area contributed by atoms with Crippen molar-refractivity contribution in [2.45, 2.75) is 18.6 Å². The van der Waals surface area contributed by atoms with E-state index in [0.717, 1.165) is 12.1 Å². The maximum absolute atomic E-state index is 4.25. The van der Waals surface area contributed by atoms with Gasteiger partial charge < -0.3 is 0 Å². The Hall–Kier alpha value is -0.570. The molecular formula is C7H10N2S. The molecule has 54 valence electrons. The van der Waals surface area contributed by atoms with Crippen molar-refractivity contribution in [3.8, 4) is 0 Å². The lowest BCUT2D eigenvalue weighted by Crippen LogP contribution is -1.99. The van der Waals surface area contributed by atoms with Crippen LogP contribution in [0.25, 0.3) is 0 Å². The lowest BCUT2D eigenvalue weighted by Gasteiger charge is -2.00. The van der Waals surface area contributed by atoms with Crippen molar-refractivity contribution in [3.05, 3.63) is 24.3 Å². The predicted octanol–water partition coefficient (Wildman–Crippen LogP) is 1.34. The van der Waals surface area contributed by atoms with Crippen molar-refractivity contribution < 1.29 is 0 Å². The quantitative estimate of drug-likeness (QED) is 0.650. The van der Waals surface area contributed by atoms with E-state index in [1.165, 1.54) is 0 Å². The van der Waals surface area contributed by atoms with E-state index < -0.39 is 0 Å². The molecule has 1 heterocycles. The molecule has 0 saturated heterocycles. The molecule has 1 aromatic heterocycles. The van der Waals surface area contributed by atoms with E-state index in [0.29, 0.717) is 5.25 Å². The van der Waals surface area contributed by atoms with Crippen LogP contribution >= 0.6 is 12.6 Å². The van der Waals surface area contributed by atoms with Crippen LogP contribution < -0.4 is 0 Å². The molecule has 0 radical (unpaired) electrons. The smallest absolute Gasteiger partial charge is 0.115 e. The van der Waals surface area contributed by atoms with Gasteiger partial charge in [-0.15, -0.1) is 0 Å². The fourth-order valence-electron chi connectivity index (χ4n) is 0.741. The topological polar surface area (TPSA) is 25.8 Å². The third kappa shape index (κ3) is 2.35. The standard InChI is InChI=1S/C7H10N2S/c1-6(10)4-7-2-3-8-5-9-7/h2-3,5-6,10H,4H2,1H3. The molecule has 3 heteroatoms. The van der Waals surface area contributed by atoms with E-state index in [2.05, 4.69) is 22.6 Å². The largest absolute Gasteiger partial charge is 0.245 e. The summed E-state index contributed by atoms with van der Waals surface area (Å²) in [6.45, 7) is 2.05. The predicted molar refractivity (Wildman–Crippen MR) is 44.2 cm³/mol. The molecular weight excluding hydrogens is 144 g/mol. The minimum atomic E-state index is 0.370. The van der Waals surface area contributed by atoms with Gasteiger partial charge in [0.15, 0.2) is 0 Å². The second-order valence-electron chi connectivity index (χ2n) is 2.25. The second kappa shape index (κ2) is 3.56. The number of rotatable bonds is 2. The Kier molecular flexibility index (Phi) is 2.68. The molecule has 1 aromatic rings. The molecule has 0 fully saturated rings. The molecule has 0 aromatic carbocycles. The van der Waals surface area contributed by atoms with Gasteiger partial charge in [-0.2, -0.15) is 12.6 Å². The van der Waals surface area contributed by atoms with E-state index in [4.69, 9.17) is 0 Å². The second-order valence-corrected chi connectivity index (χ2v) is 3.14. The number of hydrogen-bond donors (Lipinski definition) is 1. The average molecular weight is 154 g/mol. The number of nitrogens with zero attached hydrogens (tertiary/aromatic N) is 2. The zero-order valence-corrected chi connectivity index (χ0v) is 6.75. The van der Waals surface area contributed by atoms with Gasteiger partial charge in [0.1, 0.15) is 6.33 Å². The van der Waals surface area contributed by atoms with Gasteiger partial charge in [-0.05, 0) is 6.07 Å². The fraction of sp³-hybridized carbons (Fsp3) is 0.429. The fourth-order valence-corrected chi connectivity index (χ4v) is 0.929. The van der Waals surface area contributed by atoms with E-state index >= 15 is 0 Å². The van der Waals surface area contributed by atoms with Crippen LogP contribution in [-0.4, -0.2) is 15.2 Å². The van der Waals surface area contributed by atoms with Gasteiger partial charge in [0.2, 0.25) is 0 Å². The van der Waals surface area contributed by atoms with Gasteiger partial charge in [0.05, 0.1) is 0 Å².